The van der Waals surface area contributed by atoms with E-state index in [9.17, 15) is 9.18 Å². The first-order valence-electron chi connectivity index (χ1n) is 7.56. The molecule has 1 aromatic heterocycles. The van der Waals surface area contributed by atoms with Crippen molar-refractivity contribution < 1.29 is 13.6 Å². The number of hydrogen-bond donors (Lipinski definition) is 1. The molecular formula is C19H18FNO2. The Balaban J connectivity index is 1.97. The van der Waals surface area contributed by atoms with Gasteiger partial charge in [-0.05, 0) is 42.7 Å². The van der Waals surface area contributed by atoms with E-state index in [1.807, 2.05) is 24.3 Å². The number of para-hydroxylation sites is 1. The number of halogens is 1. The lowest BCUT2D eigenvalue weighted by atomic mass is 10.0. The zero-order chi connectivity index (χ0) is 16.6. The van der Waals surface area contributed by atoms with Crippen LogP contribution in [0.5, 0.6) is 0 Å². The largest absolute Gasteiger partial charge is 0.451 e. The molecule has 0 saturated carbocycles. The Hall–Kier alpha value is -2.62. The molecule has 0 aliphatic heterocycles. The Bertz CT molecular complexity index is 880. The minimum atomic E-state index is -0.349. The van der Waals surface area contributed by atoms with E-state index in [1.54, 1.807) is 6.92 Å². The Labute approximate surface area is 134 Å². The highest BCUT2D eigenvalue weighted by molar-refractivity contribution is 6.06. The number of anilines is 1. The molecule has 1 amide bonds. The molecule has 3 nitrogen and oxygen atoms in total. The molecule has 0 saturated heterocycles. The number of hydrogen-bond acceptors (Lipinski definition) is 2. The molecule has 0 spiro atoms. The topological polar surface area (TPSA) is 42.2 Å². The van der Waals surface area contributed by atoms with Crippen molar-refractivity contribution in [3.8, 4) is 0 Å². The predicted molar refractivity (Wildman–Crippen MR) is 89.4 cm³/mol. The van der Waals surface area contributed by atoms with Crippen LogP contribution in [0, 0.1) is 12.7 Å². The normalized spacial score (nSPS) is 11.2. The molecule has 0 unspecified atom stereocenters. The van der Waals surface area contributed by atoms with Crippen molar-refractivity contribution in [2.24, 2.45) is 0 Å². The van der Waals surface area contributed by atoms with Crippen molar-refractivity contribution in [1.82, 2.24) is 0 Å². The van der Waals surface area contributed by atoms with Gasteiger partial charge in [0.15, 0.2) is 5.76 Å². The standard InChI is InChI=1S/C19H18FNO2/c1-11(2)14-6-4-5-7-16(14)21-19(22)18-12(3)15-10-13(20)8-9-17(15)23-18/h4-11H,1-3H3,(H,21,22). The summed E-state index contributed by atoms with van der Waals surface area (Å²) in [5.74, 6) is -0.174. The zero-order valence-electron chi connectivity index (χ0n) is 13.3. The van der Waals surface area contributed by atoms with Crippen molar-refractivity contribution in [2.75, 3.05) is 5.32 Å². The average molecular weight is 311 g/mol. The van der Waals surface area contributed by atoms with Crippen LogP contribution in [-0.2, 0) is 0 Å². The van der Waals surface area contributed by atoms with Gasteiger partial charge in [-0.1, -0.05) is 32.0 Å². The predicted octanol–water partition coefficient (Wildman–Crippen LogP) is 5.26. The number of rotatable bonds is 3. The molecule has 3 aromatic rings. The van der Waals surface area contributed by atoms with Crippen LogP contribution in [-0.4, -0.2) is 5.91 Å². The maximum Gasteiger partial charge on any atom is 0.291 e. The zero-order valence-corrected chi connectivity index (χ0v) is 13.3. The van der Waals surface area contributed by atoms with Crippen LogP contribution in [0.25, 0.3) is 11.0 Å². The van der Waals surface area contributed by atoms with Gasteiger partial charge in [-0.25, -0.2) is 4.39 Å². The Morgan fingerprint density at radius 3 is 2.65 bits per heavy atom. The first-order chi connectivity index (χ1) is 11.0. The monoisotopic (exact) mass is 311 g/mol. The Morgan fingerprint density at radius 1 is 1.17 bits per heavy atom. The summed E-state index contributed by atoms with van der Waals surface area (Å²) < 4.78 is 19.0. The van der Waals surface area contributed by atoms with E-state index in [-0.39, 0.29) is 23.4 Å². The van der Waals surface area contributed by atoms with Gasteiger partial charge in [0.25, 0.3) is 5.91 Å². The highest BCUT2D eigenvalue weighted by Crippen LogP contribution is 2.28. The van der Waals surface area contributed by atoms with Gasteiger partial charge in [-0.3, -0.25) is 4.79 Å². The van der Waals surface area contributed by atoms with Crippen molar-refractivity contribution >= 4 is 22.6 Å². The summed E-state index contributed by atoms with van der Waals surface area (Å²) in [5, 5.41) is 3.52. The minimum Gasteiger partial charge on any atom is -0.451 e. The number of nitrogens with one attached hydrogen (secondary N) is 1. The first-order valence-corrected chi connectivity index (χ1v) is 7.56. The van der Waals surface area contributed by atoms with Crippen LogP contribution in [0.4, 0.5) is 10.1 Å². The molecule has 0 aliphatic rings. The van der Waals surface area contributed by atoms with Crippen LogP contribution in [0.2, 0.25) is 0 Å². The molecule has 0 atom stereocenters. The molecule has 1 N–H and O–H groups in total. The number of benzene rings is 2. The third-order valence-electron chi connectivity index (χ3n) is 3.94. The fourth-order valence-electron chi connectivity index (χ4n) is 2.70. The van der Waals surface area contributed by atoms with Gasteiger partial charge in [0.05, 0.1) is 0 Å². The van der Waals surface area contributed by atoms with Crippen LogP contribution in [0.1, 0.15) is 41.4 Å². The number of fused-ring (bicyclic) bond motifs is 1. The molecule has 118 valence electrons. The fourth-order valence-corrected chi connectivity index (χ4v) is 2.70. The van der Waals surface area contributed by atoms with Gasteiger partial charge in [0.1, 0.15) is 11.4 Å². The second-order valence-corrected chi connectivity index (χ2v) is 5.89. The average Bonchev–Trinajstić information content (AvgIpc) is 2.84. The number of amides is 1. The third-order valence-corrected chi connectivity index (χ3v) is 3.94. The highest BCUT2D eigenvalue weighted by atomic mass is 19.1. The van der Waals surface area contributed by atoms with Crippen molar-refractivity contribution in [3.05, 3.63) is 65.2 Å². The van der Waals surface area contributed by atoms with Crippen molar-refractivity contribution in [1.29, 1.82) is 0 Å². The van der Waals surface area contributed by atoms with Crippen LogP contribution < -0.4 is 5.32 Å². The van der Waals surface area contributed by atoms with Crippen LogP contribution in [0.15, 0.2) is 46.9 Å². The lowest BCUT2D eigenvalue weighted by Gasteiger charge is -2.13. The Kier molecular flexibility index (Phi) is 3.90. The minimum absolute atomic E-state index is 0.212. The molecule has 0 aliphatic carbocycles. The number of aryl methyl sites for hydroxylation is 1. The van der Waals surface area contributed by atoms with Gasteiger partial charge in [0, 0.05) is 16.6 Å². The quantitative estimate of drug-likeness (QED) is 0.717. The second kappa shape index (κ2) is 5.88. The van der Waals surface area contributed by atoms with Gasteiger partial charge in [-0.2, -0.15) is 0 Å². The molecule has 2 aromatic carbocycles. The molecule has 23 heavy (non-hydrogen) atoms. The number of carbonyl (C=O) groups is 1. The van der Waals surface area contributed by atoms with Crippen LogP contribution in [0.3, 0.4) is 0 Å². The van der Waals surface area contributed by atoms with E-state index >= 15 is 0 Å². The molecule has 3 rings (SSSR count). The lowest BCUT2D eigenvalue weighted by Crippen LogP contribution is -2.13. The summed E-state index contributed by atoms with van der Waals surface area (Å²) in [4.78, 5) is 12.6. The van der Waals surface area contributed by atoms with Crippen molar-refractivity contribution in [2.45, 2.75) is 26.7 Å². The van der Waals surface area contributed by atoms with Gasteiger partial charge in [-0.15, -0.1) is 0 Å². The maximum atomic E-state index is 13.4. The van der Waals surface area contributed by atoms with Crippen molar-refractivity contribution in [3.63, 3.8) is 0 Å². The van der Waals surface area contributed by atoms with E-state index in [4.69, 9.17) is 4.42 Å². The second-order valence-electron chi connectivity index (χ2n) is 5.89. The Morgan fingerprint density at radius 2 is 1.91 bits per heavy atom. The van der Waals surface area contributed by atoms with Gasteiger partial charge in [0.2, 0.25) is 0 Å². The fraction of sp³-hybridized carbons (Fsp3) is 0.211. The smallest absolute Gasteiger partial charge is 0.291 e. The summed E-state index contributed by atoms with van der Waals surface area (Å²) >= 11 is 0. The van der Waals surface area contributed by atoms with E-state index in [0.29, 0.717) is 16.5 Å². The van der Waals surface area contributed by atoms with E-state index < -0.39 is 0 Å². The van der Waals surface area contributed by atoms with E-state index in [2.05, 4.69) is 19.2 Å². The first kappa shape index (κ1) is 15.3. The van der Waals surface area contributed by atoms with Gasteiger partial charge >= 0.3 is 0 Å². The van der Waals surface area contributed by atoms with E-state index in [0.717, 1.165) is 11.3 Å². The number of furan rings is 1. The summed E-state index contributed by atoms with van der Waals surface area (Å²) in [6.07, 6.45) is 0. The third kappa shape index (κ3) is 2.84. The highest BCUT2D eigenvalue weighted by Gasteiger charge is 2.19. The summed E-state index contributed by atoms with van der Waals surface area (Å²) in [7, 11) is 0. The molecule has 0 fully saturated rings. The molecule has 0 radical (unpaired) electrons. The SMILES string of the molecule is Cc1c(C(=O)Nc2ccccc2C(C)C)oc2ccc(F)cc12. The molecule has 0 bridgehead atoms. The summed E-state index contributed by atoms with van der Waals surface area (Å²) in [6, 6.07) is 11.9. The summed E-state index contributed by atoms with van der Waals surface area (Å²) in [6.45, 7) is 5.90. The maximum absolute atomic E-state index is 13.4. The summed E-state index contributed by atoms with van der Waals surface area (Å²) in [5.41, 5.74) is 2.96. The molecule has 1 heterocycles. The van der Waals surface area contributed by atoms with Gasteiger partial charge < -0.3 is 9.73 Å². The van der Waals surface area contributed by atoms with Crippen LogP contribution >= 0.6 is 0 Å². The molecular weight excluding hydrogens is 293 g/mol. The lowest BCUT2D eigenvalue weighted by molar-refractivity contribution is 0.0998. The number of carbonyl (C=O) groups excluding carboxylic acids is 1. The van der Waals surface area contributed by atoms with E-state index in [1.165, 1.54) is 18.2 Å². The molecule has 4 heteroatoms.